The van der Waals surface area contributed by atoms with Gasteiger partial charge < -0.3 is 9.47 Å². The largest absolute Gasteiger partial charge is 0.466 e. The lowest BCUT2D eigenvalue weighted by atomic mass is 10.3. The first-order valence-corrected chi connectivity index (χ1v) is 4.37. The van der Waals surface area contributed by atoms with E-state index in [-0.39, 0.29) is 25.2 Å². The summed E-state index contributed by atoms with van der Waals surface area (Å²) in [6.45, 7) is 3.26. The van der Waals surface area contributed by atoms with E-state index in [4.69, 9.17) is 0 Å². The van der Waals surface area contributed by atoms with Crippen molar-refractivity contribution in [3.63, 3.8) is 0 Å². The van der Waals surface area contributed by atoms with Crippen LogP contribution in [-0.4, -0.2) is 30.9 Å². The molecule has 0 bridgehead atoms. The Morgan fingerprint density at radius 1 is 1.07 bits per heavy atom. The minimum Gasteiger partial charge on any atom is -0.466 e. The van der Waals surface area contributed by atoms with Crippen molar-refractivity contribution >= 4 is 17.7 Å². The van der Waals surface area contributed by atoms with Crippen LogP contribution in [0, 0.1) is 0 Å². The lowest BCUT2D eigenvalue weighted by molar-refractivity contribution is -0.149. The van der Waals surface area contributed by atoms with Gasteiger partial charge in [-0.3, -0.25) is 14.4 Å². The van der Waals surface area contributed by atoms with Crippen LogP contribution in [0.5, 0.6) is 0 Å². The molecule has 0 aromatic rings. The highest BCUT2D eigenvalue weighted by Gasteiger charge is 2.08. The Labute approximate surface area is 82.4 Å². The van der Waals surface area contributed by atoms with Crippen LogP contribution in [-0.2, 0) is 23.9 Å². The van der Waals surface area contributed by atoms with E-state index >= 15 is 0 Å². The summed E-state index contributed by atoms with van der Waals surface area (Å²) in [5, 5.41) is 0. The summed E-state index contributed by atoms with van der Waals surface area (Å²) >= 11 is 0. The third kappa shape index (κ3) is 7.27. The van der Waals surface area contributed by atoms with Crippen LogP contribution in [0.25, 0.3) is 0 Å². The van der Waals surface area contributed by atoms with E-state index in [1.807, 2.05) is 0 Å². The van der Waals surface area contributed by atoms with Gasteiger partial charge in [0.05, 0.1) is 13.0 Å². The highest BCUT2D eigenvalue weighted by Crippen LogP contribution is 1.92. The number of Topliss-reactive ketones (excluding diaryl/α,β-unsaturated/α-hetero) is 1. The molecule has 0 radical (unpaired) electrons. The smallest absolute Gasteiger partial charge is 0.313 e. The Hall–Kier alpha value is -1.39. The molecular formula is C9H14O5. The molecule has 5 heteroatoms. The van der Waals surface area contributed by atoms with Crippen molar-refractivity contribution in [1.82, 2.24) is 0 Å². The van der Waals surface area contributed by atoms with Gasteiger partial charge in [0.25, 0.3) is 0 Å². The molecule has 0 spiro atoms. The van der Waals surface area contributed by atoms with E-state index in [9.17, 15) is 14.4 Å². The minimum absolute atomic E-state index is 0.0253. The maximum atomic E-state index is 10.8. The monoisotopic (exact) mass is 202 g/mol. The predicted octanol–water partition coefficient (Wildman–Crippen LogP) is 0.462. The van der Waals surface area contributed by atoms with Crippen LogP contribution in [0.15, 0.2) is 0 Å². The third-order valence-electron chi connectivity index (χ3n) is 1.27. The van der Waals surface area contributed by atoms with Gasteiger partial charge in [-0.15, -0.1) is 0 Å². The number of esters is 2. The van der Waals surface area contributed by atoms with Crippen LogP contribution in [0.1, 0.15) is 26.7 Å². The summed E-state index contributed by atoms with van der Waals surface area (Å²) < 4.78 is 9.22. The highest BCUT2D eigenvalue weighted by molar-refractivity contribution is 5.94. The van der Waals surface area contributed by atoms with E-state index in [1.54, 1.807) is 6.92 Å². The number of ether oxygens (including phenoxy) is 2. The number of carbonyl (C=O) groups is 3. The fourth-order valence-electron chi connectivity index (χ4n) is 0.736. The second-order valence-electron chi connectivity index (χ2n) is 2.65. The van der Waals surface area contributed by atoms with Crippen LogP contribution >= 0.6 is 0 Å². The highest BCUT2D eigenvalue weighted by atomic mass is 16.5. The topological polar surface area (TPSA) is 69.7 Å². The van der Waals surface area contributed by atoms with Gasteiger partial charge in [-0.1, -0.05) is 0 Å². The zero-order chi connectivity index (χ0) is 11.0. The van der Waals surface area contributed by atoms with E-state index in [2.05, 4.69) is 9.47 Å². The molecule has 0 fully saturated rings. The summed E-state index contributed by atoms with van der Waals surface area (Å²) in [6.07, 6.45) is -0.222. The Morgan fingerprint density at radius 2 is 1.71 bits per heavy atom. The summed E-state index contributed by atoms with van der Waals surface area (Å²) in [7, 11) is 0. The quantitative estimate of drug-likeness (QED) is 0.462. The van der Waals surface area contributed by atoms with Crippen LogP contribution < -0.4 is 0 Å². The van der Waals surface area contributed by atoms with Crippen LogP contribution in [0.3, 0.4) is 0 Å². The fraction of sp³-hybridized carbons (Fsp3) is 0.667. The van der Waals surface area contributed by atoms with Gasteiger partial charge >= 0.3 is 11.9 Å². The van der Waals surface area contributed by atoms with Crippen molar-refractivity contribution in [2.24, 2.45) is 0 Å². The number of ketones is 1. The van der Waals surface area contributed by atoms with Crippen molar-refractivity contribution in [1.29, 1.82) is 0 Å². The van der Waals surface area contributed by atoms with Crippen LogP contribution in [0.2, 0.25) is 0 Å². The molecular weight excluding hydrogens is 188 g/mol. The van der Waals surface area contributed by atoms with Gasteiger partial charge in [-0.2, -0.15) is 0 Å². The SMILES string of the molecule is CCOC(=O)CCOC(=O)CC(C)=O. The Balaban J connectivity index is 3.49. The molecule has 0 heterocycles. The van der Waals surface area contributed by atoms with E-state index in [0.717, 1.165) is 0 Å². The molecule has 5 nitrogen and oxygen atoms in total. The van der Waals surface area contributed by atoms with Gasteiger partial charge in [0.15, 0.2) is 0 Å². The maximum Gasteiger partial charge on any atom is 0.313 e. The second-order valence-corrected chi connectivity index (χ2v) is 2.65. The zero-order valence-corrected chi connectivity index (χ0v) is 8.37. The number of carbonyl (C=O) groups excluding carboxylic acids is 3. The maximum absolute atomic E-state index is 10.8. The van der Waals surface area contributed by atoms with Crippen molar-refractivity contribution in [2.45, 2.75) is 26.7 Å². The molecule has 0 saturated carbocycles. The van der Waals surface area contributed by atoms with Crippen molar-refractivity contribution < 1.29 is 23.9 Å². The standard InChI is InChI=1S/C9H14O5/c1-3-13-8(11)4-5-14-9(12)6-7(2)10/h3-6H2,1-2H3. The summed E-state index contributed by atoms with van der Waals surface area (Å²) in [4.78, 5) is 32.0. The van der Waals surface area contributed by atoms with Gasteiger partial charge in [-0.05, 0) is 13.8 Å². The molecule has 0 aromatic heterocycles. The molecule has 0 amide bonds. The summed E-state index contributed by atoms with van der Waals surface area (Å²) in [5.74, 6) is -1.28. The van der Waals surface area contributed by atoms with Gasteiger partial charge in [0, 0.05) is 0 Å². The molecule has 0 aliphatic heterocycles. The molecule has 0 aromatic carbocycles. The number of rotatable bonds is 6. The first kappa shape index (κ1) is 12.6. The number of hydrogen-bond acceptors (Lipinski definition) is 5. The van der Waals surface area contributed by atoms with Gasteiger partial charge in [-0.25, -0.2) is 0 Å². The first-order valence-electron chi connectivity index (χ1n) is 4.37. The van der Waals surface area contributed by atoms with E-state index in [1.165, 1.54) is 6.92 Å². The Kier molecular flexibility index (Phi) is 6.36. The van der Waals surface area contributed by atoms with E-state index in [0.29, 0.717) is 6.61 Å². The number of hydrogen-bond donors (Lipinski definition) is 0. The predicted molar refractivity (Wildman–Crippen MR) is 47.5 cm³/mol. The van der Waals surface area contributed by atoms with E-state index < -0.39 is 11.9 Å². The molecule has 0 saturated heterocycles. The average Bonchev–Trinajstić information content (AvgIpc) is 2.02. The third-order valence-corrected chi connectivity index (χ3v) is 1.27. The van der Waals surface area contributed by atoms with Crippen molar-refractivity contribution in [3.8, 4) is 0 Å². The first-order chi connectivity index (χ1) is 6.56. The molecule has 14 heavy (non-hydrogen) atoms. The fourth-order valence-corrected chi connectivity index (χ4v) is 0.736. The molecule has 80 valence electrons. The summed E-state index contributed by atoms with van der Waals surface area (Å²) in [6, 6.07) is 0. The molecule has 0 aliphatic carbocycles. The normalized spacial score (nSPS) is 9.29. The molecule has 0 atom stereocenters. The molecule has 0 N–H and O–H groups in total. The Morgan fingerprint density at radius 3 is 2.21 bits per heavy atom. The lowest BCUT2D eigenvalue weighted by Gasteiger charge is -2.03. The van der Waals surface area contributed by atoms with Crippen LogP contribution in [0.4, 0.5) is 0 Å². The molecule has 0 unspecified atom stereocenters. The second kappa shape index (κ2) is 7.06. The molecule has 0 aliphatic rings. The average molecular weight is 202 g/mol. The Bertz CT molecular complexity index is 221. The minimum atomic E-state index is -0.609. The zero-order valence-electron chi connectivity index (χ0n) is 8.37. The molecule has 0 rings (SSSR count). The van der Waals surface area contributed by atoms with Crippen molar-refractivity contribution in [2.75, 3.05) is 13.2 Å². The summed E-state index contributed by atoms with van der Waals surface area (Å²) in [5.41, 5.74) is 0. The lowest BCUT2D eigenvalue weighted by Crippen LogP contribution is -2.13. The van der Waals surface area contributed by atoms with Gasteiger partial charge in [0.2, 0.25) is 0 Å². The van der Waals surface area contributed by atoms with Crippen molar-refractivity contribution in [3.05, 3.63) is 0 Å². The van der Waals surface area contributed by atoms with Gasteiger partial charge in [0.1, 0.15) is 18.8 Å².